The van der Waals surface area contributed by atoms with Gasteiger partial charge in [0, 0.05) is 29.3 Å². The standard InChI is InChI=1S/C15H17N3O/c1-3-18-9-11(8-17-18)15(16-2)13-10-19-14-7-5-4-6-12(13)14/h4-10,15-16H,3H2,1-2H3. The molecule has 1 atom stereocenters. The fourth-order valence-electron chi connectivity index (χ4n) is 2.43. The van der Waals surface area contributed by atoms with Crippen LogP contribution in [0.2, 0.25) is 0 Å². The Labute approximate surface area is 112 Å². The summed E-state index contributed by atoms with van der Waals surface area (Å²) in [4.78, 5) is 0. The third kappa shape index (κ3) is 2.04. The molecule has 3 rings (SSSR count). The van der Waals surface area contributed by atoms with E-state index in [0.29, 0.717) is 0 Å². The predicted molar refractivity (Wildman–Crippen MR) is 75.0 cm³/mol. The van der Waals surface area contributed by atoms with Gasteiger partial charge >= 0.3 is 0 Å². The molecule has 4 nitrogen and oxygen atoms in total. The highest BCUT2D eigenvalue weighted by molar-refractivity contribution is 5.81. The summed E-state index contributed by atoms with van der Waals surface area (Å²) in [5.41, 5.74) is 3.21. The summed E-state index contributed by atoms with van der Waals surface area (Å²) in [6, 6.07) is 8.19. The highest BCUT2D eigenvalue weighted by Crippen LogP contribution is 2.30. The molecule has 0 amide bonds. The molecule has 0 saturated carbocycles. The number of rotatable bonds is 4. The van der Waals surface area contributed by atoms with Crippen molar-refractivity contribution in [1.29, 1.82) is 0 Å². The summed E-state index contributed by atoms with van der Waals surface area (Å²) in [7, 11) is 1.95. The van der Waals surface area contributed by atoms with E-state index in [9.17, 15) is 0 Å². The molecule has 3 aromatic rings. The molecule has 1 unspecified atom stereocenters. The molecule has 0 aliphatic heterocycles. The third-order valence-corrected chi connectivity index (χ3v) is 3.42. The van der Waals surface area contributed by atoms with Crippen LogP contribution in [0, 0.1) is 0 Å². The smallest absolute Gasteiger partial charge is 0.134 e. The monoisotopic (exact) mass is 255 g/mol. The van der Waals surface area contributed by atoms with Crippen LogP contribution in [0.25, 0.3) is 11.0 Å². The molecule has 0 aliphatic carbocycles. The van der Waals surface area contributed by atoms with E-state index in [1.54, 1.807) is 0 Å². The normalized spacial score (nSPS) is 12.9. The topological polar surface area (TPSA) is 43.0 Å². The number of hydrogen-bond donors (Lipinski definition) is 1. The number of hydrogen-bond acceptors (Lipinski definition) is 3. The molecule has 1 N–H and O–H groups in total. The Kier molecular flexibility index (Phi) is 3.09. The van der Waals surface area contributed by atoms with Crippen molar-refractivity contribution in [2.24, 2.45) is 0 Å². The van der Waals surface area contributed by atoms with Gasteiger partial charge in [0.05, 0.1) is 18.5 Å². The second-order valence-corrected chi connectivity index (χ2v) is 4.54. The van der Waals surface area contributed by atoms with E-state index < -0.39 is 0 Å². The van der Waals surface area contributed by atoms with Gasteiger partial charge in [0.25, 0.3) is 0 Å². The van der Waals surface area contributed by atoms with Gasteiger partial charge in [-0.05, 0) is 20.0 Å². The van der Waals surface area contributed by atoms with E-state index in [0.717, 1.165) is 28.6 Å². The Balaban J connectivity index is 2.06. The summed E-state index contributed by atoms with van der Waals surface area (Å²) >= 11 is 0. The van der Waals surface area contributed by atoms with Crippen molar-refractivity contribution in [2.45, 2.75) is 19.5 Å². The van der Waals surface area contributed by atoms with E-state index >= 15 is 0 Å². The van der Waals surface area contributed by atoms with Gasteiger partial charge in [-0.15, -0.1) is 0 Å². The van der Waals surface area contributed by atoms with Crippen molar-refractivity contribution >= 4 is 11.0 Å². The van der Waals surface area contributed by atoms with E-state index in [2.05, 4.69) is 29.6 Å². The number of aromatic nitrogens is 2. The molecule has 0 radical (unpaired) electrons. The lowest BCUT2D eigenvalue weighted by atomic mass is 10.0. The first-order valence-corrected chi connectivity index (χ1v) is 6.49. The third-order valence-electron chi connectivity index (χ3n) is 3.42. The predicted octanol–water partition coefficient (Wildman–Crippen LogP) is 2.96. The van der Waals surface area contributed by atoms with Crippen molar-refractivity contribution in [2.75, 3.05) is 7.05 Å². The van der Waals surface area contributed by atoms with Gasteiger partial charge in [0.15, 0.2) is 0 Å². The maximum Gasteiger partial charge on any atom is 0.134 e. The molecule has 0 bridgehead atoms. The summed E-state index contributed by atoms with van der Waals surface area (Å²) in [5.74, 6) is 0. The number of furan rings is 1. The van der Waals surface area contributed by atoms with Crippen LogP contribution in [0.1, 0.15) is 24.1 Å². The van der Waals surface area contributed by atoms with Crippen LogP contribution in [0.4, 0.5) is 0 Å². The Morgan fingerprint density at radius 3 is 2.95 bits per heavy atom. The quantitative estimate of drug-likeness (QED) is 0.779. The summed E-state index contributed by atoms with van der Waals surface area (Å²) in [6.07, 6.45) is 5.81. The summed E-state index contributed by atoms with van der Waals surface area (Å²) < 4.78 is 7.55. The second kappa shape index (κ2) is 4.90. The molecule has 0 saturated heterocycles. The molecule has 0 aliphatic rings. The van der Waals surface area contributed by atoms with Crippen molar-refractivity contribution in [1.82, 2.24) is 15.1 Å². The number of aryl methyl sites for hydroxylation is 1. The molecule has 1 aromatic carbocycles. The summed E-state index contributed by atoms with van der Waals surface area (Å²) in [6.45, 7) is 2.96. The van der Waals surface area contributed by atoms with Crippen LogP contribution >= 0.6 is 0 Å². The van der Waals surface area contributed by atoms with Crippen molar-refractivity contribution in [3.63, 3.8) is 0 Å². The fourth-order valence-corrected chi connectivity index (χ4v) is 2.43. The summed E-state index contributed by atoms with van der Waals surface area (Å²) in [5, 5.41) is 8.82. The van der Waals surface area contributed by atoms with E-state index in [-0.39, 0.29) is 6.04 Å². The molecule has 2 aromatic heterocycles. The molecular weight excluding hydrogens is 238 g/mol. The lowest BCUT2D eigenvalue weighted by Crippen LogP contribution is -2.16. The van der Waals surface area contributed by atoms with E-state index in [1.807, 2.05) is 42.4 Å². The molecule has 2 heterocycles. The van der Waals surface area contributed by atoms with Crippen LogP contribution in [-0.4, -0.2) is 16.8 Å². The lowest BCUT2D eigenvalue weighted by Gasteiger charge is -2.12. The molecule has 98 valence electrons. The first-order chi connectivity index (χ1) is 9.33. The number of nitrogens with zero attached hydrogens (tertiary/aromatic N) is 2. The maximum absolute atomic E-state index is 5.62. The molecule has 4 heteroatoms. The second-order valence-electron chi connectivity index (χ2n) is 4.54. The maximum atomic E-state index is 5.62. The number of para-hydroxylation sites is 1. The molecule has 19 heavy (non-hydrogen) atoms. The van der Waals surface area contributed by atoms with Crippen molar-refractivity contribution in [3.05, 3.63) is 54.0 Å². The highest BCUT2D eigenvalue weighted by atomic mass is 16.3. The van der Waals surface area contributed by atoms with Crippen molar-refractivity contribution < 1.29 is 4.42 Å². The van der Waals surface area contributed by atoms with Crippen molar-refractivity contribution in [3.8, 4) is 0 Å². The minimum Gasteiger partial charge on any atom is -0.464 e. The van der Waals surface area contributed by atoms with Crippen LogP contribution in [-0.2, 0) is 6.54 Å². The zero-order chi connectivity index (χ0) is 13.2. The van der Waals surface area contributed by atoms with Gasteiger partial charge in [0.2, 0.25) is 0 Å². The minimum atomic E-state index is 0.101. The largest absolute Gasteiger partial charge is 0.464 e. The number of benzene rings is 1. The first kappa shape index (κ1) is 12.0. The lowest BCUT2D eigenvalue weighted by molar-refractivity contribution is 0.596. The van der Waals surface area contributed by atoms with Gasteiger partial charge in [-0.3, -0.25) is 4.68 Å². The highest BCUT2D eigenvalue weighted by Gasteiger charge is 2.18. The molecule has 0 fully saturated rings. The SMILES string of the molecule is CCn1cc(C(NC)c2coc3ccccc23)cn1. The van der Waals surface area contributed by atoms with Gasteiger partial charge in [-0.25, -0.2) is 0 Å². The zero-order valence-electron chi connectivity index (χ0n) is 11.1. The van der Waals surface area contributed by atoms with Crippen LogP contribution < -0.4 is 5.32 Å². The van der Waals surface area contributed by atoms with Crippen LogP contribution in [0.3, 0.4) is 0 Å². The van der Waals surface area contributed by atoms with Crippen LogP contribution in [0.15, 0.2) is 47.3 Å². The Bertz CT molecular complexity index is 683. The molecule has 0 spiro atoms. The van der Waals surface area contributed by atoms with Gasteiger partial charge < -0.3 is 9.73 Å². The van der Waals surface area contributed by atoms with Crippen LogP contribution in [0.5, 0.6) is 0 Å². The zero-order valence-corrected chi connectivity index (χ0v) is 11.1. The number of nitrogens with one attached hydrogen (secondary N) is 1. The van der Waals surface area contributed by atoms with E-state index in [4.69, 9.17) is 4.42 Å². The molecular formula is C15H17N3O. The Morgan fingerprint density at radius 1 is 1.37 bits per heavy atom. The average Bonchev–Trinajstić information content (AvgIpc) is 3.07. The number of fused-ring (bicyclic) bond motifs is 1. The minimum absolute atomic E-state index is 0.101. The van der Waals surface area contributed by atoms with E-state index in [1.165, 1.54) is 0 Å². The average molecular weight is 255 g/mol. The Hall–Kier alpha value is -2.07. The Morgan fingerprint density at radius 2 is 2.21 bits per heavy atom. The van der Waals surface area contributed by atoms with Gasteiger partial charge in [0.1, 0.15) is 5.58 Å². The fraction of sp³-hybridized carbons (Fsp3) is 0.267. The van der Waals surface area contributed by atoms with Gasteiger partial charge in [-0.1, -0.05) is 18.2 Å². The first-order valence-electron chi connectivity index (χ1n) is 6.49. The van der Waals surface area contributed by atoms with Gasteiger partial charge in [-0.2, -0.15) is 5.10 Å².